The normalized spacial score (nSPS) is 27.2. The van der Waals surface area contributed by atoms with Crippen LogP contribution in [-0.2, 0) is 0 Å². The zero-order chi connectivity index (χ0) is 13.9. The summed E-state index contributed by atoms with van der Waals surface area (Å²) in [6.07, 6.45) is 3.94. The molecule has 104 valence electrons. The van der Waals surface area contributed by atoms with E-state index in [0.717, 1.165) is 0 Å². The lowest BCUT2D eigenvalue weighted by molar-refractivity contribution is 0.0697. The molecule has 1 aromatic carbocycles. The highest BCUT2D eigenvalue weighted by atomic mass is 28.3. The van der Waals surface area contributed by atoms with Crippen molar-refractivity contribution in [1.29, 1.82) is 0 Å². The van der Waals surface area contributed by atoms with Gasteiger partial charge in [-0.15, -0.1) is 0 Å². The molecule has 0 aliphatic carbocycles. The molecule has 0 unspecified atom stereocenters. The maximum Gasteiger partial charge on any atom is 0.335 e. The Bertz CT molecular complexity index is 431. The Morgan fingerprint density at radius 1 is 1.26 bits per heavy atom. The highest BCUT2D eigenvalue weighted by Crippen LogP contribution is 2.40. The standard InChI is InChI=1S/C16H24O2Si/c1-3-10-19(2)11-8-14(9-12-19)13-4-6-15(7-5-13)16(17)18/h4-7,14H,3,8-12H2,1-2H3,(H,17,18). The number of aromatic carboxylic acids is 1. The Labute approximate surface area is 116 Å². The summed E-state index contributed by atoms with van der Waals surface area (Å²) in [5.74, 6) is -0.182. The zero-order valence-electron chi connectivity index (χ0n) is 12.0. The van der Waals surface area contributed by atoms with E-state index in [4.69, 9.17) is 5.11 Å². The van der Waals surface area contributed by atoms with E-state index in [1.807, 2.05) is 12.1 Å². The smallest absolute Gasteiger partial charge is 0.335 e. The van der Waals surface area contributed by atoms with Crippen molar-refractivity contribution >= 4 is 14.0 Å². The van der Waals surface area contributed by atoms with Gasteiger partial charge in [0.2, 0.25) is 0 Å². The highest BCUT2D eigenvalue weighted by molar-refractivity contribution is 6.78. The van der Waals surface area contributed by atoms with Crippen molar-refractivity contribution in [2.75, 3.05) is 0 Å². The topological polar surface area (TPSA) is 37.3 Å². The summed E-state index contributed by atoms with van der Waals surface area (Å²) in [7, 11) is -0.934. The molecule has 0 bridgehead atoms. The van der Waals surface area contributed by atoms with Crippen LogP contribution in [0.1, 0.15) is 48.0 Å². The number of carbonyl (C=O) groups is 1. The Morgan fingerprint density at radius 2 is 1.84 bits per heavy atom. The third kappa shape index (κ3) is 3.47. The quantitative estimate of drug-likeness (QED) is 0.806. The van der Waals surface area contributed by atoms with Gasteiger partial charge in [-0.25, -0.2) is 4.79 Å². The maximum atomic E-state index is 10.9. The highest BCUT2D eigenvalue weighted by Gasteiger charge is 2.32. The molecule has 0 aromatic heterocycles. The molecule has 19 heavy (non-hydrogen) atoms. The molecule has 0 radical (unpaired) electrons. The predicted molar refractivity (Wildman–Crippen MR) is 81.7 cm³/mol. The van der Waals surface area contributed by atoms with E-state index in [0.29, 0.717) is 11.5 Å². The average Bonchev–Trinajstić information content (AvgIpc) is 2.40. The number of carboxylic acid groups (broad SMARTS) is 1. The summed E-state index contributed by atoms with van der Waals surface area (Å²) >= 11 is 0. The molecule has 1 aliphatic heterocycles. The van der Waals surface area contributed by atoms with Crippen LogP contribution in [0.2, 0.25) is 24.7 Å². The summed E-state index contributed by atoms with van der Waals surface area (Å²) in [4.78, 5) is 10.9. The second-order valence-corrected chi connectivity index (χ2v) is 11.4. The van der Waals surface area contributed by atoms with Crippen molar-refractivity contribution in [3.05, 3.63) is 35.4 Å². The predicted octanol–water partition coefficient (Wildman–Crippen LogP) is 4.75. The zero-order valence-corrected chi connectivity index (χ0v) is 13.0. The monoisotopic (exact) mass is 276 g/mol. The van der Waals surface area contributed by atoms with Crippen LogP contribution in [-0.4, -0.2) is 19.1 Å². The number of hydrogen-bond donors (Lipinski definition) is 1. The molecule has 0 atom stereocenters. The summed E-state index contributed by atoms with van der Waals surface area (Å²) in [6, 6.07) is 11.9. The Balaban J connectivity index is 1.99. The van der Waals surface area contributed by atoms with Crippen LogP contribution in [0.3, 0.4) is 0 Å². The molecule has 3 heteroatoms. The molecule has 0 amide bonds. The maximum absolute atomic E-state index is 10.9. The van der Waals surface area contributed by atoms with Crippen LogP contribution in [0.15, 0.2) is 24.3 Å². The lowest BCUT2D eigenvalue weighted by Gasteiger charge is -2.36. The first kappa shape index (κ1) is 14.3. The number of hydrogen-bond acceptors (Lipinski definition) is 1. The minimum absolute atomic E-state index is 0.393. The Hall–Kier alpha value is -1.09. The lowest BCUT2D eigenvalue weighted by Crippen LogP contribution is -2.33. The van der Waals surface area contributed by atoms with Crippen molar-refractivity contribution in [3.63, 3.8) is 0 Å². The molecule has 1 saturated heterocycles. The molecular formula is C16H24O2Si. The SMILES string of the molecule is CCC[Si]1(C)CCC(c2ccc(C(=O)O)cc2)CC1. The van der Waals surface area contributed by atoms with Gasteiger partial charge in [-0.2, -0.15) is 0 Å². The molecule has 1 N–H and O–H groups in total. The molecule has 2 rings (SSSR count). The first-order valence-electron chi connectivity index (χ1n) is 7.37. The van der Waals surface area contributed by atoms with Gasteiger partial charge in [-0.05, 0) is 36.5 Å². The van der Waals surface area contributed by atoms with Gasteiger partial charge in [0.1, 0.15) is 0 Å². The summed E-state index contributed by atoms with van der Waals surface area (Å²) in [5.41, 5.74) is 1.72. The van der Waals surface area contributed by atoms with Gasteiger partial charge < -0.3 is 5.11 Å². The largest absolute Gasteiger partial charge is 0.478 e. The second kappa shape index (κ2) is 5.91. The van der Waals surface area contributed by atoms with E-state index >= 15 is 0 Å². The Morgan fingerprint density at radius 3 is 2.32 bits per heavy atom. The van der Waals surface area contributed by atoms with E-state index in [1.54, 1.807) is 12.1 Å². The fourth-order valence-electron chi connectivity index (χ4n) is 3.40. The van der Waals surface area contributed by atoms with Crippen LogP contribution in [0.4, 0.5) is 0 Å². The molecule has 1 heterocycles. The molecular weight excluding hydrogens is 252 g/mol. The van der Waals surface area contributed by atoms with Gasteiger partial charge in [0.05, 0.1) is 13.6 Å². The van der Waals surface area contributed by atoms with Crippen LogP contribution < -0.4 is 0 Å². The molecule has 1 fully saturated rings. The van der Waals surface area contributed by atoms with E-state index < -0.39 is 14.0 Å². The Kier molecular flexibility index (Phi) is 4.45. The van der Waals surface area contributed by atoms with Gasteiger partial charge in [-0.1, -0.05) is 50.2 Å². The van der Waals surface area contributed by atoms with E-state index in [9.17, 15) is 4.79 Å². The third-order valence-corrected chi connectivity index (χ3v) is 9.37. The summed E-state index contributed by atoms with van der Waals surface area (Å²) in [5, 5.41) is 8.92. The van der Waals surface area contributed by atoms with Crippen molar-refractivity contribution in [2.45, 2.75) is 56.8 Å². The second-order valence-electron chi connectivity index (χ2n) is 6.26. The average molecular weight is 276 g/mol. The van der Waals surface area contributed by atoms with Crippen LogP contribution in [0.5, 0.6) is 0 Å². The molecule has 1 aliphatic rings. The fraction of sp³-hybridized carbons (Fsp3) is 0.562. The van der Waals surface area contributed by atoms with Gasteiger partial charge in [-0.3, -0.25) is 0 Å². The molecule has 1 aromatic rings. The minimum Gasteiger partial charge on any atom is -0.478 e. The van der Waals surface area contributed by atoms with E-state index in [1.165, 1.54) is 43.0 Å². The van der Waals surface area contributed by atoms with Crippen molar-refractivity contribution in [3.8, 4) is 0 Å². The van der Waals surface area contributed by atoms with Gasteiger partial charge in [0, 0.05) is 0 Å². The number of carboxylic acids is 1. The number of rotatable bonds is 4. The lowest BCUT2D eigenvalue weighted by atomic mass is 9.93. The van der Waals surface area contributed by atoms with Crippen molar-refractivity contribution < 1.29 is 9.90 Å². The van der Waals surface area contributed by atoms with Crippen molar-refractivity contribution in [1.82, 2.24) is 0 Å². The fourth-order valence-corrected chi connectivity index (χ4v) is 7.45. The molecule has 0 spiro atoms. The van der Waals surface area contributed by atoms with Crippen LogP contribution >= 0.6 is 0 Å². The molecule has 0 saturated carbocycles. The minimum atomic E-state index is -0.934. The van der Waals surface area contributed by atoms with Crippen LogP contribution in [0, 0.1) is 0 Å². The third-order valence-electron chi connectivity index (χ3n) is 4.68. The van der Waals surface area contributed by atoms with Crippen molar-refractivity contribution in [2.24, 2.45) is 0 Å². The summed E-state index contributed by atoms with van der Waals surface area (Å²) < 4.78 is 0. The molecule has 2 nitrogen and oxygen atoms in total. The van der Waals surface area contributed by atoms with Crippen LogP contribution in [0.25, 0.3) is 0 Å². The number of benzene rings is 1. The van der Waals surface area contributed by atoms with Gasteiger partial charge >= 0.3 is 5.97 Å². The van der Waals surface area contributed by atoms with E-state index in [2.05, 4.69) is 13.5 Å². The van der Waals surface area contributed by atoms with Gasteiger partial charge in [0.25, 0.3) is 0 Å². The summed E-state index contributed by atoms with van der Waals surface area (Å²) in [6.45, 7) is 4.86. The first-order valence-corrected chi connectivity index (χ1v) is 10.5. The van der Waals surface area contributed by atoms with E-state index in [-0.39, 0.29) is 0 Å². The first-order chi connectivity index (χ1) is 9.04. The van der Waals surface area contributed by atoms with Gasteiger partial charge in [0.15, 0.2) is 0 Å².